The molecule has 0 N–H and O–H groups in total. The molecule has 0 amide bonds. The first kappa shape index (κ1) is 63.8. The number of esters is 3. The maximum atomic E-state index is 12.8. The van der Waals surface area contributed by atoms with Gasteiger partial charge in [0, 0.05) is 19.3 Å². The number of carbonyl (C=O) groups excluding carboxylic acids is 3. The van der Waals surface area contributed by atoms with Crippen molar-refractivity contribution in [3.63, 3.8) is 0 Å². The summed E-state index contributed by atoms with van der Waals surface area (Å²) in [6.07, 6.45) is 76.4. The number of unbranched alkanes of at least 4 members (excludes halogenated alkanes) is 17. The molecule has 0 saturated heterocycles. The van der Waals surface area contributed by atoms with Gasteiger partial charge in [-0.1, -0.05) is 219 Å². The van der Waals surface area contributed by atoms with E-state index in [1.165, 1.54) is 70.6 Å². The minimum Gasteiger partial charge on any atom is -0.462 e. The second kappa shape index (κ2) is 55.4. The maximum Gasteiger partial charge on any atom is 0.306 e. The number of rotatable bonds is 48. The molecule has 0 aromatic rings. The highest BCUT2D eigenvalue weighted by molar-refractivity contribution is 5.71. The van der Waals surface area contributed by atoms with Crippen LogP contribution in [-0.4, -0.2) is 37.2 Å². The highest BCUT2D eigenvalue weighted by Gasteiger charge is 2.19. The van der Waals surface area contributed by atoms with Crippen LogP contribution in [0.15, 0.2) is 122 Å². The van der Waals surface area contributed by atoms with Crippen LogP contribution in [0.1, 0.15) is 233 Å². The van der Waals surface area contributed by atoms with E-state index in [1.807, 2.05) is 0 Å². The number of carbonyl (C=O) groups is 3. The predicted molar refractivity (Wildman–Crippen MR) is 293 cm³/mol. The van der Waals surface area contributed by atoms with Crippen LogP contribution in [0.25, 0.3) is 0 Å². The summed E-state index contributed by atoms with van der Waals surface area (Å²) in [5.74, 6) is -0.967. The molecule has 0 rings (SSSR count). The van der Waals surface area contributed by atoms with Crippen LogP contribution in [0, 0.1) is 0 Å². The summed E-state index contributed by atoms with van der Waals surface area (Å²) in [6, 6.07) is 0. The van der Waals surface area contributed by atoms with Crippen molar-refractivity contribution in [2.45, 2.75) is 239 Å². The Bertz CT molecular complexity index is 1450. The standard InChI is InChI=1S/C62H100O6/c1-4-7-10-13-16-18-20-22-24-26-27-28-29-30-31-32-33-34-35-37-38-40-42-44-46-49-52-55-61(64)67-58-59(57-66-60(63)54-51-48-15-12-9-6-3)68-62(65)56-53-50-47-45-43-41-39-36-25-23-21-19-17-14-11-8-5-2/h7,10,16-19,22-25,27-28,30-31,33-34,37-38,42,44,59H,4-6,8-9,11-15,20-21,26,29,32,35-36,39-41,43,45-58H2,1-3H3/b10-7-,18-16-,19-17-,24-22-,25-23-,28-27-,31-30-,34-33-,38-37-,44-42-. The van der Waals surface area contributed by atoms with E-state index in [2.05, 4.69) is 142 Å². The minimum atomic E-state index is -0.800. The lowest BCUT2D eigenvalue weighted by molar-refractivity contribution is -0.167. The maximum absolute atomic E-state index is 12.8. The number of hydrogen-bond acceptors (Lipinski definition) is 6. The van der Waals surface area contributed by atoms with E-state index in [1.54, 1.807) is 0 Å². The van der Waals surface area contributed by atoms with Crippen molar-refractivity contribution < 1.29 is 28.6 Å². The Labute approximate surface area is 418 Å². The molecule has 0 heterocycles. The molecule has 0 radical (unpaired) electrons. The molecule has 0 aromatic heterocycles. The predicted octanol–water partition coefficient (Wildman–Crippen LogP) is 18.5. The monoisotopic (exact) mass is 941 g/mol. The molecular formula is C62H100O6. The summed E-state index contributed by atoms with van der Waals surface area (Å²) < 4.78 is 16.7. The average molecular weight is 941 g/mol. The normalized spacial score (nSPS) is 13.0. The first-order chi connectivity index (χ1) is 33.5. The van der Waals surface area contributed by atoms with Gasteiger partial charge in [-0.05, 0) is 116 Å². The van der Waals surface area contributed by atoms with Gasteiger partial charge in [-0.3, -0.25) is 14.4 Å². The fourth-order valence-electron chi connectivity index (χ4n) is 7.07. The Morgan fingerprint density at radius 3 is 0.956 bits per heavy atom. The lowest BCUT2D eigenvalue weighted by Crippen LogP contribution is -2.30. The first-order valence-electron chi connectivity index (χ1n) is 27.5. The van der Waals surface area contributed by atoms with Crippen molar-refractivity contribution in [2.75, 3.05) is 13.2 Å². The van der Waals surface area contributed by atoms with Gasteiger partial charge in [0.2, 0.25) is 0 Å². The molecule has 384 valence electrons. The third-order valence-electron chi connectivity index (χ3n) is 11.2. The van der Waals surface area contributed by atoms with Gasteiger partial charge in [-0.25, -0.2) is 0 Å². The SMILES string of the molecule is CC/C=C\C/C=C\C/C=C\C/C=C\C/C=C\C/C=C\C/C=C\C/C=C\CCCCC(=O)OCC(COC(=O)CCCCCCCC)OC(=O)CCCCCCCCC/C=C\C/C=C\CCCCC. The molecule has 0 spiro atoms. The first-order valence-corrected chi connectivity index (χ1v) is 27.5. The molecule has 6 heteroatoms. The zero-order valence-corrected chi connectivity index (χ0v) is 43.8. The quantitative estimate of drug-likeness (QED) is 0.0262. The van der Waals surface area contributed by atoms with E-state index in [0.29, 0.717) is 25.7 Å². The van der Waals surface area contributed by atoms with Crippen LogP contribution in [0.5, 0.6) is 0 Å². The van der Waals surface area contributed by atoms with E-state index >= 15 is 0 Å². The van der Waals surface area contributed by atoms with Crippen molar-refractivity contribution in [3.8, 4) is 0 Å². The number of hydrogen-bond donors (Lipinski definition) is 0. The van der Waals surface area contributed by atoms with E-state index in [4.69, 9.17) is 14.2 Å². The molecule has 6 nitrogen and oxygen atoms in total. The van der Waals surface area contributed by atoms with Gasteiger partial charge < -0.3 is 14.2 Å². The Balaban J connectivity index is 4.29. The minimum absolute atomic E-state index is 0.0980. The van der Waals surface area contributed by atoms with Crippen LogP contribution in [0.2, 0.25) is 0 Å². The summed E-state index contributed by atoms with van der Waals surface area (Å²) in [6.45, 7) is 6.38. The summed E-state index contributed by atoms with van der Waals surface area (Å²) in [5, 5.41) is 0. The van der Waals surface area contributed by atoms with Gasteiger partial charge in [-0.2, -0.15) is 0 Å². The Morgan fingerprint density at radius 1 is 0.309 bits per heavy atom. The fraction of sp³-hybridized carbons (Fsp3) is 0.629. The summed E-state index contributed by atoms with van der Waals surface area (Å²) in [7, 11) is 0. The molecule has 0 aliphatic heterocycles. The second-order valence-electron chi connectivity index (χ2n) is 17.8. The van der Waals surface area contributed by atoms with Crippen LogP contribution in [0.3, 0.4) is 0 Å². The lowest BCUT2D eigenvalue weighted by atomic mass is 10.1. The molecule has 0 fully saturated rings. The van der Waals surface area contributed by atoms with Crippen molar-refractivity contribution in [1.82, 2.24) is 0 Å². The highest BCUT2D eigenvalue weighted by atomic mass is 16.6. The molecule has 0 saturated carbocycles. The zero-order valence-electron chi connectivity index (χ0n) is 43.8. The third kappa shape index (κ3) is 52.8. The summed E-state index contributed by atoms with van der Waals surface area (Å²) in [4.78, 5) is 37.8. The van der Waals surface area contributed by atoms with E-state index in [9.17, 15) is 14.4 Å². The molecule has 0 aromatic carbocycles. The summed E-state index contributed by atoms with van der Waals surface area (Å²) in [5.41, 5.74) is 0. The molecule has 0 aliphatic carbocycles. The zero-order chi connectivity index (χ0) is 49.3. The van der Waals surface area contributed by atoms with Crippen molar-refractivity contribution >= 4 is 17.9 Å². The topological polar surface area (TPSA) is 78.9 Å². The van der Waals surface area contributed by atoms with E-state index in [-0.39, 0.29) is 31.1 Å². The van der Waals surface area contributed by atoms with Crippen LogP contribution < -0.4 is 0 Å². The Kier molecular flexibility index (Phi) is 52.0. The molecule has 68 heavy (non-hydrogen) atoms. The third-order valence-corrected chi connectivity index (χ3v) is 11.2. The van der Waals surface area contributed by atoms with Crippen LogP contribution >= 0.6 is 0 Å². The molecule has 1 atom stereocenters. The van der Waals surface area contributed by atoms with Gasteiger partial charge in [0.25, 0.3) is 0 Å². The number of allylic oxidation sites excluding steroid dienone is 20. The second-order valence-corrected chi connectivity index (χ2v) is 17.8. The number of ether oxygens (including phenoxy) is 3. The Hall–Kier alpha value is -4.19. The Morgan fingerprint density at radius 2 is 0.574 bits per heavy atom. The molecule has 1 unspecified atom stereocenters. The lowest BCUT2D eigenvalue weighted by Gasteiger charge is -2.18. The van der Waals surface area contributed by atoms with Gasteiger partial charge in [0.15, 0.2) is 6.10 Å². The largest absolute Gasteiger partial charge is 0.462 e. The average Bonchev–Trinajstić information content (AvgIpc) is 3.34. The molecule has 0 aliphatic rings. The summed E-state index contributed by atoms with van der Waals surface area (Å²) >= 11 is 0. The van der Waals surface area contributed by atoms with Crippen molar-refractivity contribution in [3.05, 3.63) is 122 Å². The van der Waals surface area contributed by atoms with Gasteiger partial charge in [0.1, 0.15) is 13.2 Å². The van der Waals surface area contributed by atoms with Crippen LogP contribution in [0.4, 0.5) is 0 Å². The van der Waals surface area contributed by atoms with E-state index in [0.717, 1.165) is 116 Å². The van der Waals surface area contributed by atoms with Gasteiger partial charge in [0.05, 0.1) is 0 Å². The van der Waals surface area contributed by atoms with Crippen molar-refractivity contribution in [2.24, 2.45) is 0 Å². The smallest absolute Gasteiger partial charge is 0.306 e. The molecule has 0 bridgehead atoms. The van der Waals surface area contributed by atoms with Crippen molar-refractivity contribution in [1.29, 1.82) is 0 Å². The fourth-order valence-corrected chi connectivity index (χ4v) is 7.07. The molecular weight excluding hydrogens is 841 g/mol. The highest BCUT2D eigenvalue weighted by Crippen LogP contribution is 2.13. The van der Waals surface area contributed by atoms with Crippen LogP contribution in [-0.2, 0) is 28.6 Å². The van der Waals surface area contributed by atoms with Gasteiger partial charge >= 0.3 is 17.9 Å². The van der Waals surface area contributed by atoms with E-state index < -0.39 is 6.10 Å². The van der Waals surface area contributed by atoms with Gasteiger partial charge in [-0.15, -0.1) is 0 Å².